The highest BCUT2D eigenvalue weighted by Gasteiger charge is 2.13. The number of aryl methyl sites for hydroxylation is 1. The molecule has 0 fully saturated rings. The van der Waals surface area contributed by atoms with Gasteiger partial charge in [-0.3, -0.25) is 0 Å². The second-order valence-corrected chi connectivity index (χ2v) is 6.84. The van der Waals surface area contributed by atoms with Crippen molar-refractivity contribution in [2.45, 2.75) is 39.3 Å². The van der Waals surface area contributed by atoms with Crippen molar-refractivity contribution < 1.29 is 14.4 Å². The lowest BCUT2D eigenvalue weighted by Gasteiger charge is -2.23. The molecule has 0 saturated heterocycles. The van der Waals surface area contributed by atoms with Gasteiger partial charge < -0.3 is 19.7 Å². The molecule has 0 aliphatic heterocycles. The molecular weight excluding hydrogens is 304 g/mol. The average molecular weight is 330 g/mol. The van der Waals surface area contributed by atoms with Crippen LogP contribution in [-0.2, 0) is 0 Å². The number of benzene rings is 1. The van der Waals surface area contributed by atoms with Gasteiger partial charge in [-0.2, -0.15) is 0 Å². The molecule has 5 heteroatoms. The Labute approximate surface area is 143 Å². The first-order valence-electron chi connectivity index (χ1n) is 8.10. The number of rotatable bonds is 7. The van der Waals surface area contributed by atoms with Crippen molar-refractivity contribution in [1.29, 1.82) is 0 Å². The maximum absolute atomic E-state index is 10.0. The zero-order valence-corrected chi connectivity index (χ0v) is 14.7. The van der Waals surface area contributed by atoms with Crippen LogP contribution in [-0.4, -0.2) is 35.1 Å². The van der Waals surface area contributed by atoms with E-state index in [1.807, 2.05) is 49.4 Å². The first-order chi connectivity index (χ1) is 11.3. The summed E-state index contributed by atoms with van der Waals surface area (Å²) in [4.78, 5) is 0. The Morgan fingerprint density at radius 3 is 2.71 bits per heavy atom. The van der Waals surface area contributed by atoms with Crippen molar-refractivity contribution in [1.82, 2.24) is 10.5 Å². The first kappa shape index (κ1) is 18.2. The fraction of sp³-hybridized carbons (Fsp3) is 0.421. The maximum Gasteiger partial charge on any atom is 0.159 e. The summed E-state index contributed by atoms with van der Waals surface area (Å²) in [5.74, 6) is 1.41. The standard InChI is InChI=1S/C19H26N2O3/c1-14-11-17(24-21-14)10-9-15-7-5-6-8-18(15)23-13-16(22)12-20-19(2,3)4/h5-11,16,20,22H,12-13H2,1-4H3/b10-9-. The van der Waals surface area contributed by atoms with E-state index in [1.54, 1.807) is 0 Å². The predicted molar refractivity (Wildman–Crippen MR) is 95.9 cm³/mol. The number of nitrogens with one attached hydrogen (secondary N) is 1. The number of aliphatic hydroxyl groups is 1. The predicted octanol–water partition coefficient (Wildman–Crippen LogP) is 3.28. The van der Waals surface area contributed by atoms with Gasteiger partial charge in [-0.1, -0.05) is 23.4 Å². The zero-order valence-electron chi connectivity index (χ0n) is 14.7. The molecule has 2 rings (SSSR count). The summed E-state index contributed by atoms with van der Waals surface area (Å²) in [6, 6.07) is 9.55. The molecule has 0 aliphatic carbocycles. The SMILES string of the molecule is Cc1cc(/C=C\c2ccccc2OCC(O)CNC(C)(C)C)on1. The van der Waals surface area contributed by atoms with E-state index in [0.29, 0.717) is 12.3 Å². The van der Waals surface area contributed by atoms with Crippen LogP contribution in [0.2, 0.25) is 0 Å². The topological polar surface area (TPSA) is 67.5 Å². The Morgan fingerprint density at radius 2 is 2.04 bits per heavy atom. The van der Waals surface area contributed by atoms with Crippen molar-refractivity contribution in [2.24, 2.45) is 0 Å². The summed E-state index contributed by atoms with van der Waals surface area (Å²) in [5.41, 5.74) is 1.73. The molecule has 0 spiro atoms. The van der Waals surface area contributed by atoms with Gasteiger partial charge in [-0.15, -0.1) is 0 Å². The highest BCUT2D eigenvalue weighted by Crippen LogP contribution is 2.21. The van der Waals surface area contributed by atoms with Crippen LogP contribution in [0, 0.1) is 6.92 Å². The Balaban J connectivity index is 1.95. The number of para-hydroxylation sites is 1. The van der Waals surface area contributed by atoms with Crippen LogP contribution in [0.15, 0.2) is 34.9 Å². The zero-order chi connectivity index (χ0) is 17.6. The number of ether oxygens (including phenoxy) is 1. The number of hydrogen-bond acceptors (Lipinski definition) is 5. The fourth-order valence-electron chi connectivity index (χ4n) is 2.05. The van der Waals surface area contributed by atoms with E-state index in [0.717, 1.165) is 17.0 Å². The van der Waals surface area contributed by atoms with Crippen LogP contribution < -0.4 is 10.1 Å². The van der Waals surface area contributed by atoms with Gasteiger partial charge in [0.1, 0.15) is 18.5 Å². The molecule has 1 unspecified atom stereocenters. The van der Waals surface area contributed by atoms with Crippen molar-refractivity contribution in [3.8, 4) is 5.75 Å². The summed E-state index contributed by atoms with van der Waals surface area (Å²) in [6.07, 6.45) is 3.19. The lowest BCUT2D eigenvalue weighted by molar-refractivity contribution is 0.0999. The van der Waals surface area contributed by atoms with Crippen molar-refractivity contribution in [3.05, 3.63) is 47.3 Å². The molecule has 2 N–H and O–H groups in total. The van der Waals surface area contributed by atoms with E-state index in [2.05, 4.69) is 31.2 Å². The summed E-state index contributed by atoms with van der Waals surface area (Å²) in [6.45, 7) is 8.78. The van der Waals surface area contributed by atoms with E-state index in [-0.39, 0.29) is 12.1 Å². The van der Waals surface area contributed by atoms with Gasteiger partial charge in [0.2, 0.25) is 0 Å². The quantitative estimate of drug-likeness (QED) is 0.815. The van der Waals surface area contributed by atoms with Crippen molar-refractivity contribution >= 4 is 12.2 Å². The number of nitrogens with zero attached hydrogens (tertiary/aromatic N) is 1. The molecule has 0 amide bonds. The molecule has 1 atom stereocenters. The normalized spacial score (nSPS) is 13.4. The highest BCUT2D eigenvalue weighted by atomic mass is 16.5. The molecule has 0 radical (unpaired) electrons. The van der Waals surface area contributed by atoms with Crippen LogP contribution in [0.1, 0.15) is 37.8 Å². The Bertz CT molecular complexity index is 671. The van der Waals surface area contributed by atoms with E-state index < -0.39 is 6.10 Å². The third-order valence-electron chi connectivity index (χ3n) is 3.29. The lowest BCUT2D eigenvalue weighted by atomic mass is 10.1. The van der Waals surface area contributed by atoms with Gasteiger partial charge in [0.05, 0.1) is 5.69 Å². The molecule has 0 saturated carbocycles. The summed E-state index contributed by atoms with van der Waals surface area (Å²) in [7, 11) is 0. The van der Waals surface area contributed by atoms with Crippen LogP contribution in [0.25, 0.3) is 12.2 Å². The van der Waals surface area contributed by atoms with Crippen LogP contribution in [0.4, 0.5) is 0 Å². The molecule has 1 aromatic heterocycles. The van der Waals surface area contributed by atoms with Gasteiger partial charge in [0.25, 0.3) is 0 Å². The number of aliphatic hydroxyl groups excluding tert-OH is 1. The molecule has 2 aromatic rings. The van der Waals surface area contributed by atoms with Crippen molar-refractivity contribution in [3.63, 3.8) is 0 Å². The van der Waals surface area contributed by atoms with Crippen LogP contribution in [0.5, 0.6) is 5.75 Å². The number of β-amino-alcohol motifs (C(OH)–C–C–N with tert-alkyl or cyclic N) is 1. The van der Waals surface area contributed by atoms with E-state index in [9.17, 15) is 5.11 Å². The van der Waals surface area contributed by atoms with Crippen LogP contribution in [0.3, 0.4) is 0 Å². The average Bonchev–Trinajstić information content (AvgIpc) is 2.94. The second-order valence-electron chi connectivity index (χ2n) is 6.84. The maximum atomic E-state index is 10.0. The van der Waals surface area contributed by atoms with Crippen LogP contribution >= 0.6 is 0 Å². The third-order valence-corrected chi connectivity index (χ3v) is 3.29. The molecule has 1 aromatic carbocycles. The molecule has 5 nitrogen and oxygen atoms in total. The Hall–Kier alpha value is -2.11. The minimum absolute atomic E-state index is 0.0309. The fourth-order valence-corrected chi connectivity index (χ4v) is 2.05. The molecule has 24 heavy (non-hydrogen) atoms. The first-order valence-corrected chi connectivity index (χ1v) is 8.10. The van der Waals surface area contributed by atoms with Gasteiger partial charge >= 0.3 is 0 Å². The molecule has 130 valence electrons. The minimum atomic E-state index is -0.571. The number of hydrogen-bond donors (Lipinski definition) is 2. The lowest BCUT2D eigenvalue weighted by Crippen LogP contribution is -2.42. The monoisotopic (exact) mass is 330 g/mol. The van der Waals surface area contributed by atoms with Crippen molar-refractivity contribution in [2.75, 3.05) is 13.2 Å². The molecule has 0 aliphatic rings. The Morgan fingerprint density at radius 1 is 1.29 bits per heavy atom. The molecular formula is C19H26N2O3. The van der Waals surface area contributed by atoms with E-state index in [1.165, 1.54) is 0 Å². The van der Waals surface area contributed by atoms with Gasteiger partial charge in [0.15, 0.2) is 5.76 Å². The Kier molecular flexibility index (Phi) is 6.17. The second kappa shape index (κ2) is 8.13. The van der Waals surface area contributed by atoms with Gasteiger partial charge in [0, 0.05) is 23.7 Å². The molecule has 0 bridgehead atoms. The smallest absolute Gasteiger partial charge is 0.159 e. The molecule has 1 heterocycles. The number of aromatic nitrogens is 1. The third kappa shape index (κ3) is 6.18. The summed E-state index contributed by atoms with van der Waals surface area (Å²) < 4.78 is 10.9. The highest BCUT2D eigenvalue weighted by molar-refractivity contribution is 5.70. The summed E-state index contributed by atoms with van der Waals surface area (Å²) in [5, 5.41) is 17.2. The van der Waals surface area contributed by atoms with E-state index >= 15 is 0 Å². The summed E-state index contributed by atoms with van der Waals surface area (Å²) >= 11 is 0. The van der Waals surface area contributed by atoms with Gasteiger partial charge in [-0.25, -0.2) is 0 Å². The largest absolute Gasteiger partial charge is 0.490 e. The van der Waals surface area contributed by atoms with Gasteiger partial charge in [-0.05, 0) is 45.9 Å². The minimum Gasteiger partial charge on any atom is -0.490 e. The van der Waals surface area contributed by atoms with E-state index in [4.69, 9.17) is 9.26 Å².